The Hall–Kier alpha value is -2.16. The summed E-state index contributed by atoms with van der Waals surface area (Å²) < 4.78 is 1.83. The molecule has 0 saturated carbocycles. The topological polar surface area (TPSA) is 56.9 Å². The highest BCUT2D eigenvalue weighted by molar-refractivity contribution is 9.10. The van der Waals surface area contributed by atoms with Crippen molar-refractivity contribution in [3.05, 3.63) is 63.6 Å². The van der Waals surface area contributed by atoms with Gasteiger partial charge in [0.05, 0.1) is 10.2 Å². The monoisotopic (exact) mass is 356 g/mol. The molecule has 5 heteroatoms. The largest absolute Gasteiger partial charge is 0.506 e. The third-order valence-electron chi connectivity index (χ3n) is 2.95. The lowest BCUT2D eigenvalue weighted by molar-refractivity contribution is 0.514. The molecule has 0 radical (unpaired) electrons. The number of hydrogen-bond donors (Lipinski definition) is 1. The van der Waals surface area contributed by atoms with Crippen molar-refractivity contribution >= 4 is 48.8 Å². The van der Waals surface area contributed by atoms with Gasteiger partial charge >= 0.3 is 0 Å². The maximum absolute atomic E-state index is 10.4. The molecule has 21 heavy (non-hydrogen) atoms. The number of halogens is 1. The van der Waals surface area contributed by atoms with Crippen LogP contribution in [0.3, 0.4) is 0 Å². The first-order valence-electron chi connectivity index (χ1n) is 6.14. The van der Waals surface area contributed by atoms with Crippen LogP contribution in [0.15, 0.2) is 53.0 Å². The molecule has 2 aromatic carbocycles. The van der Waals surface area contributed by atoms with Crippen LogP contribution < -0.4 is 0 Å². The van der Waals surface area contributed by atoms with Gasteiger partial charge in [0.2, 0.25) is 0 Å². The second-order valence-corrected chi connectivity index (χ2v) is 6.28. The second kappa shape index (κ2) is 5.68. The molecule has 0 aliphatic heterocycles. The van der Waals surface area contributed by atoms with Crippen LogP contribution >= 0.6 is 27.3 Å². The van der Waals surface area contributed by atoms with Crippen LogP contribution in [0.25, 0.3) is 21.5 Å². The summed E-state index contributed by atoms with van der Waals surface area (Å²) in [5.41, 5.74) is 1.60. The molecule has 0 bridgehead atoms. The van der Waals surface area contributed by atoms with Crippen LogP contribution in [-0.4, -0.2) is 10.1 Å². The lowest BCUT2D eigenvalue weighted by Gasteiger charge is -2.02. The number of thiazole rings is 1. The first-order chi connectivity index (χ1) is 10.2. The first kappa shape index (κ1) is 13.8. The van der Waals surface area contributed by atoms with E-state index < -0.39 is 0 Å². The molecule has 1 aromatic heterocycles. The lowest BCUT2D eigenvalue weighted by Crippen LogP contribution is -1.89. The van der Waals surface area contributed by atoms with Crippen LogP contribution in [0.4, 0.5) is 0 Å². The third kappa shape index (κ3) is 2.68. The van der Waals surface area contributed by atoms with Crippen LogP contribution in [0.5, 0.6) is 0 Å². The minimum atomic E-state index is -0.0575. The van der Waals surface area contributed by atoms with Crippen molar-refractivity contribution in [3.63, 3.8) is 0 Å². The molecule has 102 valence electrons. The summed E-state index contributed by atoms with van der Waals surface area (Å²) in [5.74, 6) is -0.0575. The number of aromatic nitrogens is 1. The van der Waals surface area contributed by atoms with Crippen molar-refractivity contribution in [2.45, 2.75) is 0 Å². The van der Waals surface area contributed by atoms with E-state index >= 15 is 0 Å². The summed E-state index contributed by atoms with van der Waals surface area (Å²) in [6.07, 6.45) is 0. The Kier molecular flexibility index (Phi) is 3.74. The van der Waals surface area contributed by atoms with E-state index in [9.17, 15) is 10.4 Å². The molecule has 0 amide bonds. The molecule has 1 heterocycles. The Morgan fingerprint density at radius 3 is 2.71 bits per heavy atom. The highest BCUT2D eigenvalue weighted by Gasteiger charge is 2.15. The summed E-state index contributed by atoms with van der Waals surface area (Å²) >= 11 is 4.75. The number of benzene rings is 2. The predicted molar refractivity (Wildman–Crippen MR) is 88.8 cm³/mol. The van der Waals surface area contributed by atoms with E-state index in [-0.39, 0.29) is 11.3 Å². The molecule has 0 spiro atoms. The molecular weight excluding hydrogens is 348 g/mol. The van der Waals surface area contributed by atoms with Gasteiger partial charge in [-0.3, -0.25) is 0 Å². The number of fused-ring (bicyclic) bond motifs is 1. The molecule has 0 atom stereocenters. The van der Waals surface area contributed by atoms with Gasteiger partial charge < -0.3 is 5.11 Å². The average Bonchev–Trinajstić information content (AvgIpc) is 2.91. The number of nitrogens with zero attached hydrogens (tertiary/aromatic N) is 2. The SMILES string of the molecule is N#C/C(=C(\O)c1cccc(Br)c1)c1nc2ccccc2s1. The fourth-order valence-electron chi connectivity index (χ4n) is 1.96. The summed E-state index contributed by atoms with van der Waals surface area (Å²) in [5, 5.41) is 20.3. The van der Waals surface area contributed by atoms with Gasteiger partial charge in [-0.15, -0.1) is 11.3 Å². The minimum Gasteiger partial charge on any atom is -0.506 e. The van der Waals surface area contributed by atoms with Crippen LogP contribution in [0.2, 0.25) is 0 Å². The third-order valence-corrected chi connectivity index (χ3v) is 4.50. The van der Waals surface area contributed by atoms with Crippen molar-refractivity contribution in [2.75, 3.05) is 0 Å². The average molecular weight is 357 g/mol. The number of aliphatic hydroxyl groups excluding tert-OH is 1. The summed E-state index contributed by atoms with van der Waals surface area (Å²) in [6, 6.07) is 16.9. The van der Waals surface area contributed by atoms with Gasteiger partial charge in [-0.05, 0) is 24.3 Å². The van der Waals surface area contributed by atoms with Crippen molar-refractivity contribution in [1.29, 1.82) is 5.26 Å². The minimum absolute atomic E-state index is 0.0575. The Balaban J connectivity index is 2.17. The van der Waals surface area contributed by atoms with E-state index in [4.69, 9.17) is 0 Å². The van der Waals surface area contributed by atoms with Crippen molar-refractivity contribution in [2.24, 2.45) is 0 Å². The quantitative estimate of drug-likeness (QED) is 0.518. The van der Waals surface area contributed by atoms with Gasteiger partial charge in [-0.2, -0.15) is 5.26 Å². The Morgan fingerprint density at radius 2 is 2.00 bits per heavy atom. The molecule has 0 aliphatic carbocycles. The fourth-order valence-corrected chi connectivity index (χ4v) is 3.32. The Bertz CT molecular complexity index is 859. The summed E-state index contributed by atoms with van der Waals surface area (Å²) in [6.45, 7) is 0. The Labute approximate surface area is 133 Å². The van der Waals surface area contributed by atoms with Gasteiger partial charge in [-0.1, -0.05) is 40.2 Å². The van der Waals surface area contributed by atoms with Crippen LogP contribution in [0, 0.1) is 11.3 Å². The van der Waals surface area contributed by atoms with Gasteiger partial charge in [-0.25, -0.2) is 4.98 Å². The van der Waals surface area contributed by atoms with Crippen molar-refractivity contribution < 1.29 is 5.11 Å². The molecule has 1 N–H and O–H groups in total. The zero-order chi connectivity index (χ0) is 14.8. The van der Waals surface area contributed by atoms with E-state index in [0.29, 0.717) is 10.6 Å². The van der Waals surface area contributed by atoms with E-state index in [1.165, 1.54) is 11.3 Å². The molecule has 0 fully saturated rings. The standard InChI is InChI=1S/C16H9BrN2OS/c17-11-5-3-4-10(8-11)15(20)12(9-18)16-19-13-6-1-2-7-14(13)21-16/h1-8,20H/b15-12+. The van der Waals surface area contributed by atoms with Gasteiger partial charge in [0, 0.05) is 10.0 Å². The van der Waals surface area contributed by atoms with E-state index in [1.807, 2.05) is 36.4 Å². The van der Waals surface area contributed by atoms with Gasteiger partial charge in [0.1, 0.15) is 22.4 Å². The number of nitriles is 1. The maximum Gasteiger partial charge on any atom is 0.143 e. The molecule has 3 nitrogen and oxygen atoms in total. The highest BCUT2D eigenvalue weighted by atomic mass is 79.9. The number of para-hydroxylation sites is 1. The number of rotatable bonds is 2. The Morgan fingerprint density at radius 1 is 1.19 bits per heavy atom. The van der Waals surface area contributed by atoms with E-state index in [2.05, 4.69) is 27.0 Å². The molecule has 0 saturated heterocycles. The number of allylic oxidation sites excluding steroid dienone is 1. The molecule has 3 aromatic rings. The fraction of sp³-hybridized carbons (Fsp3) is 0. The summed E-state index contributed by atoms with van der Waals surface area (Å²) in [7, 11) is 0. The molecular formula is C16H9BrN2OS. The lowest BCUT2D eigenvalue weighted by atomic mass is 10.1. The zero-order valence-corrected chi connectivity index (χ0v) is 13.1. The predicted octanol–water partition coefficient (Wildman–Crippen LogP) is 5.01. The highest BCUT2D eigenvalue weighted by Crippen LogP contribution is 2.31. The smallest absolute Gasteiger partial charge is 0.143 e. The zero-order valence-electron chi connectivity index (χ0n) is 10.7. The van der Waals surface area contributed by atoms with Gasteiger partial charge in [0.15, 0.2) is 0 Å². The van der Waals surface area contributed by atoms with Crippen molar-refractivity contribution in [3.8, 4) is 6.07 Å². The van der Waals surface area contributed by atoms with E-state index in [0.717, 1.165) is 14.7 Å². The second-order valence-electron chi connectivity index (χ2n) is 4.33. The van der Waals surface area contributed by atoms with Gasteiger partial charge in [0.25, 0.3) is 0 Å². The van der Waals surface area contributed by atoms with Crippen molar-refractivity contribution in [1.82, 2.24) is 4.98 Å². The molecule has 0 aliphatic rings. The van der Waals surface area contributed by atoms with Crippen LogP contribution in [0.1, 0.15) is 10.6 Å². The van der Waals surface area contributed by atoms with E-state index in [1.54, 1.807) is 12.1 Å². The van der Waals surface area contributed by atoms with Crippen LogP contribution in [-0.2, 0) is 0 Å². The first-order valence-corrected chi connectivity index (χ1v) is 7.75. The molecule has 0 unspecified atom stereocenters. The summed E-state index contributed by atoms with van der Waals surface area (Å²) in [4.78, 5) is 4.42. The maximum atomic E-state index is 10.4. The number of aliphatic hydroxyl groups is 1. The molecule has 3 rings (SSSR count). The number of hydrogen-bond acceptors (Lipinski definition) is 4. The normalized spacial score (nSPS) is 12.0.